The number of fused-ring (bicyclic) bond motifs is 1. The second-order valence-electron chi connectivity index (χ2n) is 6.12. The molecule has 3 rings (SSSR count). The topological polar surface area (TPSA) is 66.9 Å². The number of benzene rings is 1. The fourth-order valence-corrected chi connectivity index (χ4v) is 2.58. The lowest BCUT2D eigenvalue weighted by molar-refractivity contribution is -0.116. The number of amides is 1. The zero-order valence-corrected chi connectivity index (χ0v) is 14.5. The molecule has 0 radical (unpaired) electrons. The maximum Gasteiger partial charge on any atom is 0.226 e. The van der Waals surface area contributed by atoms with Crippen molar-refractivity contribution >= 4 is 22.6 Å². The maximum atomic E-state index is 12.0. The Balaban J connectivity index is 1.50. The summed E-state index contributed by atoms with van der Waals surface area (Å²) in [6, 6.07) is 16.0. The molecule has 5 nitrogen and oxygen atoms in total. The van der Waals surface area contributed by atoms with Crippen molar-refractivity contribution in [3.63, 3.8) is 0 Å². The highest BCUT2D eigenvalue weighted by molar-refractivity contribution is 5.89. The molecule has 0 aliphatic carbocycles. The molecule has 0 saturated heterocycles. The molecule has 0 fully saturated rings. The Morgan fingerprint density at radius 1 is 1.12 bits per heavy atom. The number of carbonyl (C=O) groups excluding carboxylic acids is 1. The molecule has 3 aromatic rings. The first-order valence-electron chi connectivity index (χ1n) is 8.43. The quantitative estimate of drug-likeness (QED) is 0.722. The average Bonchev–Trinajstić information content (AvgIpc) is 2.63. The first-order valence-corrected chi connectivity index (χ1v) is 8.43. The van der Waals surface area contributed by atoms with Gasteiger partial charge in [0.15, 0.2) is 0 Å². The average molecular weight is 334 g/mol. The Labute approximate surface area is 147 Å². The normalized spacial score (nSPS) is 12.1. The van der Waals surface area contributed by atoms with E-state index in [-0.39, 0.29) is 11.9 Å². The number of para-hydroxylation sites is 1. The van der Waals surface area contributed by atoms with Crippen molar-refractivity contribution in [2.75, 3.05) is 11.9 Å². The van der Waals surface area contributed by atoms with Crippen LogP contribution in [0.3, 0.4) is 0 Å². The van der Waals surface area contributed by atoms with Gasteiger partial charge in [0.05, 0.1) is 11.2 Å². The smallest absolute Gasteiger partial charge is 0.226 e. The van der Waals surface area contributed by atoms with Crippen LogP contribution in [0.1, 0.15) is 30.6 Å². The molecule has 0 spiro atoms. The van der Waals surface area contributed by atoms with Gasteiger partial charge in [-0.15, -0.1) is 0 Å². The number of aromatic nitrogens is 2. The van der Waals surface area contributed by atoms with Gasteiger partial charge in [-0.2, -0.15) is 0 Å². The lowest BCUT2D eigenvalue weighted by Gasteiger charge is -2.14. The molecule has 0 aliphatic heterocycles. The number of nitrogens with one attached hydrogen (secondary N) is 2. The van der Waals surface area contributed by atoms with E-state index < -0.39 is 0 Å². The predicted molar refractivity (Wildman–Crippen MR) is 100 cm³/mol. The summed E-state index contributed by atoms with van der Waals surface area (Å²) in [5.41, 5.74) is 3.02. The van der Waals surface area contributed by atoms with E-state index in [4.69, 9.17) is 0 Å². The third kappa shape index (κ3) is 4.61. The number of aryl methyl sites for hydroxylation is 1. The van der Waals surface area contributed by atoms with Crippen molar-refractivity contribution in [1.29, 1.82) is 0 Å². The van der Waals surface area contributed by atoms with Gasteiger partial charge in [-0.3, -0.25) is 9.78 Å². The second kappa shape index (κ2) is 7.85. The Bertz CT molecular complexity index is 861. The van der Waals surface area contributed by atoms with E-state index in [2.05, 4.69) is 33.6 Å². The Kier molecular flexibility index (Phi) is 5.36. The van der Waals surface area contributed by atoms with Gasteiger partial charge in [-0.25, -0.2) is 4.98 Å². The van der Waals surface area contributed by atoms with Crippen molar-refractivity contribution in [3.05, 3.63) is 66.0 Å². The van der Waals surface area contributed by atoms with Crippen molar-refractivity contribution in [2.24, 2.45) is 0 Å². The molecule has 128 valence electrons. The first-order chi connectivity index (χ1) is 12.1. The number of pyridine rings is 2. The third-order valence-electron chi connectivity index (χ3n) is 4.05. The Hall–Kier alpha value is -2.79. The molecule has 0 aliphatic rings. The predicted octanol–water partition coefficient (Wildman–Crippen LogP) is 3.62. The van der Waals surface area contributed by atoms with Crippen LogP contribution in [-0.4, -0.2) is 22.4 Å². The van der Waals surface area contributed by atoms with Gasteiger partial charge >= 0.3 is 0 Å². The fraction of sp³-hybridized carbons (Fsp3) is 0.250. The van der Waals surface area contributed by atoms with Crippen LogP contribution in [0.5, 0.6) is 0 Å². The number of hydrogen-bond acceptors (Lipinski definition) is 4. The highest BCUT2D eigenvalue weighted by atomic mass is 16.1. The zero-order valence-electron chi connectivity index (χ0n) is 14.5. The number of hydrogen-bond donors (Lipinski definition) is 2. The summed E-state index contributed by atoms with van der Waals surface area (Å²) in [6.45, 7) is 4.59. The highest BCUT2D eigenvalue weighted by Gasteiger charge is 2.09. The van der Waals surface area contributed by atoms with E-state index in [1.54, 1.807) is 6.20 Å². The van der Waals surface area contributed by atoms with Crippen molar-refractivity contribution in [2.45, 2.75) is 26.3 Å². The minimum absolute atomic E-state index is 0.0532. The van der Waals surface area contributed by atoms with Crippen LogP contribution < -0.4 is 10.6 Å². The Morgan fingerprint density at radius 3 is 2.76 bits per heavy atom. The summed E-state index contributed by atoms with van der Waals surface area (Å²) in [5.74, 6) is 0.530. The molecule has 0 unspecified atom stereocenters. The summed E-state index contributed by atoms with van der Waals surface area (Å²) in [7, 11) is 0. The summed E-state index contributed by atoms with van der Waals surface area (Å²) in [4.78, 5) is 20.8. The van der Waals surface area contributed by atoms with Gasteiger partial charge in [0, 0.05) is 30.6 Å². The van der Waals surface area contributed by atoms with Crippen molar-refractivity contribution < 1.29 is 4.79 Å². The van der Waals surface area contributed by atoms with Gasteiger partial charge < -0.3 is 10.6 Å². The van der Waals surface area contributed by atoms with Crippen LogP contribution in [0.25, 0.3) is 10.9 Å². The van der Waals surface area contributed by atoms with Gasteiger partial charge in [0.1, 0.15) is 5.82 Å². The summed E-state index contributed by atoms with van der Waals surface area (Å²) < 4.78 is 0. The van der Waals surface area contributed by atoms with E-state index in [0.29, 0.717) is 18.8 Å². The highest BCUT2D eigenvalue weighted by Crippen LogP contribution is 2.16. The molecular formula is C20H22N4O. The summed E-state index contributed by atoms with van der Waals surface area (Å²) in [5, 5.41) is 7.27. The van der Waals surface area contributed by atoms with Crippen LogP contribution in [0, 0.1) is 6.92 Å². The molecule has 2 heterocycles. The Morgan fingerprint density at radius 2 is 1.96 bits per heavy atom. The molecule has 25 heavy (non-hydrogen) atoms. The van der Waals surface area contributed by atoms with Crippen molar-refractivity contribution in [1.82, 2.24) is 15.3 Å². The van der Waals surface area contributed by atoms with Gasteiger partial charge in [0.2, 0.25) is 5.91 Å². The second-order valence-corrected chi connectivity index (χ2v) is 6.12. The molecule has 1 aromatic carbocycles. The largest absolute Gasteiger partial charge is 0.311 e. The lowest BCUT2D eigenvalue weighted by Crippen LogP contribution is -2.25. The maximum absolute atomic E-state index is 12.0. The van der Waals surface area contributed by atoms with Gasteiger partial charge in [-0.1, -0.05) is 30.3 Å². The van der Waals surface area contributed by atoms with E-state index in [0.717, 1.165) is 22.2 Å². The van der Waals surface area contributed by atoms with Crippen LogP contribution in [0.2, 0.25) is 0 Å². The number of anilines is 1. The standard InChI is InChI=1S/C20H22N4O/c1-14-7-10-19(22-13-14)24-20(25)11-12-21-15(2)17-9-8-16-5-3-4-6-18(16)23-17/h3-10,13,15,21H,11-12H2,1-2H3,(H,22,24,25)/t15-/m1/s1. The summed E-state index contributed by atoms with van der Waals surface area (Å²) in [6.07, 6.45) is 2.12. The van der Waals surface area contributed by atoms with E-state index >= 15 is 0 Å². The monoisotopic (exact) mass is 334 g/mol. The minimum Gasteiger partial charge on any atom is -0.311 e. The first kappa shape index (κ1) is 17.0. The molecule has 1 amide bonds. The van der Waals surface area contributed by atoms with Crippen LogP contribution in [0.15, 0.2) is 54.7 Å². The van der Waals surface area contributed by atoms with Crippen LogP contribution in [0.4, 0.5) is 5.82 Å². The van der Waals surface area contributed by atoms with E-state index in [1.807, 2.05) is 49.4 Å². The SMILES string of the molecule is Cc1ccc(NC(=O)CCN[C@H](C)c2ccc3ccccc3n2)nc1. The molecule has 5 heteroatoms. The molecular weight excluding hydrogens is 312 g/mol. The molecule has 2 aromatic heterocycles. The number of rotatable bonds is 6. The van der Waals surface area contributed by atoms with Crippen LogP contribution >= 0.6 is 0 Å². The van der Waals surface area contributed by atoms with Crippen LogP contribution in [-0.2, 0) is 4.79 Å². The number of carbonyl (C=O) groups is 1. The van der Waals surface area contributed by atoms with Gasteiger partial charge in [-0.05, 0) is 37.6 Å². The lowest BCUT2D eigenvalue weighted by atomic mass is 10.1. The molecule has 0 saturated carbocycles. The minimum atomic E-state index is -0.0532. The fourth-order valence-electron chi connectivity index (χ4n) is 2.58. The zero-order chi connectivity index (χ0) is 17.6. The van der Waals surface area contributed by atoms with E-state index in [9.17, 15) is 4.79 Å². The van der Waals surface area contributed by atoms with Crippen molar-refractivity contribution in [3.8, 4) is 0 Å². The number of nitrogens with zero attached hydrogens (tertiary/aromatic N) is 2. The third-order valence-corrected chi connectivity index (χ3v) is 4.05. The summed E-state index contributed by atoms with van der Waals surface area (Å²) >= 11 is 0. The van der Waals surface area contributed by atoms with E-state index in [1.165, 1.54) is 0 Å². The molecule has 0 bridgehead atoms. The molecule has 2 N–H and O–H groups in total. The molecule has 1 atom stereocenters. The van der Waals surface area contributed by atoms with Gasteiger partial charge in [0.25, 0.3) is 0 Å².